The number of nitrogens with zero attached hydrogens (tertiary/aromatic N) is 5. The van der Waals surface area contributed by atoms with Gasteiger partial charge in [-0.1, -0.05) is 12.1 Å². The van der Waals surface area contributed by atoms with Crippen LogP contribution >= 0.6 is 11.3 Å². The monoisotopic (exact) mass is 592 g/mol. The fourth-order valence-electron chi connectivity index (χ4n) is 4.48. The number of tetrazole rings is 1. The molecule has 0 radical (unpaired) electrons. The van der Waals surface area contributed by atoms with Gasteiger partial charge in [-0.25, -0.2) is 0 Å². The van der Waals surface area contributed by atoms with Crippen LogP contribution in [0.5, 0.6) is 23.0 Å². The lowest BCUT2D eigenvalue weighted by Crippen LogP contribution is -2.49. The number of benzene rings is 2. The van der Waals surface area contributed by atoms with Crippen LogP contribution in [0.1, 0.15) is 37.3 Å². The zero-order chi connectivity index (χ0) is 29.9. The van der Waals surface area contributed by atoms with E-state index in [2.05, 4.69) is 20.7 Å². The molecule has 2 aromatic carbocycles. The molecule has 2 aromatic heterocycles. The normalized spacial score (nSPS) is 13.0. The Balaban J connectivity index is 1.46. The van der Waals surface area contributed by atoms with E-state index in [-0.39, 0.29) is 31.7 Å². The number of ether oxygens (including phenoxy) is 4. The van der Waals surface area contributed by atoms with E-state index in [0.717, 1.165) is 10.4 Å². The number of carbonyl (C=O) groups is 2. The quantitative estimate of drug-likeness (QED) is 0.292. The molecule has 0 unspecified atom stereocenters. The second-order valence-corrected chi connectivity index (χ2v) is 11.6. The summed E-state index contributed by atoms with van der Waals surface area (Å²) in [6, 6.07) is 13.5. The lowest BCUT2D eigenvalue weighted by molar-refractivity contribution is -0.143. The molecular formula is C29H32N6O6S. The van der Waals surface area contributed by atoms with Crippen molar-refractivity contribution in [2.45, 2.75) is 45.4 Å². The zero-order valence-corrected chi connectivity index (χ0v) is 24.8. The van der Waals surface area contributed by atoms with Crippen molar-refractivity contribution >= 4 is 23.2 Å². The first-order chi connectivity index (χ1) is 20.1. The van der Waals surface area contributed by atoms with Gasteiger partial charge in [-0.2, -0.15) is 4.80 Å². The SMILES string of the molecule is COc1ccc(-c2nnn(CC(=O)N(Cc3ccc4c(c3)OCO4)[C@H](C(=O)NC(C)(C)C)c3cccs3)n2)cc1OC. The number of hydrogen-bond donors (Lipinski definition) is 1. The topological polar surface area (TPSA) is 130 Å². The Morgan fingerprint density at radius 1 is 1.07 bits per heavy atom. The molecule has 1 aliphatic rings. The maximum Gasteiger partial charge on any atom is 0.248 e. The number of amides is 2. The van der Waals surface area contributed by atoms with E-state index in [9.17, 15) is 9.59 Å². The van der Waals surface area contributed by atoms with Gasteiger partial charge in [0.15, 0.2) is 23.0 Å². The van der Waals surface area contributed by atoms with Gasteiger partial charge in [0.2, 0.25) is 24.4 Å². The van der Waals surface area contributed by atoms with Gasteiger partial charge >= 0.3 is 0 Å². The number of hydrogen-bond acceptors (Lipinski definition) is 10. The van der Waals surface area contributed by atoms with Crippen LogP contribution in [0.2, 0.25) is 0 Å². The fraction of sp³-hybridized carbons (Fsp3) is 0.345. The number of fused-ring (bicyclic) bond motifs is 1. The molecule has 0 bridgehead atoms. The van der Waals surface area contributed by atoms with Gasteiger partial charge in [-0.3, -0.25) is 9.59 Å². The summed E-state index contributed by atoms with van der Waals surface area (Å²) in [5.41, 5.74) is 0.904. The van der Waals surface area contributed by atoms with Crippen LogP contribution in [0.4, 0.5) is 0 Å². The number of carbonyl (C=O) groups excluding carboxylic acids is 2. The van der Waals surface area contributed by atoms with Gasteiger partial charge < -0.3 is 29.2 Å². The number of nitrogens with one attached hydrogen (secondary N) is 1. The first-order valence-corrected chi connectivity index (χ1v) is 14.1. The van der Waals surface area contributed by atoms with E-state index in [4.69, 9.17) is 18.9 Å². The summed E-state index contributed by atoms with van der Waals surface area (Å²) in [5, 5.41) is 17.6. The molecular weight excluding hydrogens is 560 g/mol. The van der Waals surface area contributed by atoms with Crippen molar-refractivity contribution in [1.29, 1.82) is 0 Å². The van der Waals surface area contributed by atoms with Crippen molar-refractivity contribution in [3.05, 3.63) is 64.4 Å². The third-order valence-corrected chi connectivity index (χ3v) is 7.28. The predicted molar refractivity (Wildman–Crippen MR) is 154 cm³/mol. The van der Waals surface area contributed by atoms with Crippen LogP contribution in [0.15, 0.2) is 53.9 Å². The summed E-state index contributed by atoms with van der Waals surface area (Å²) in [5.74, 6) is 1.95. The lowest BCUT2D eigenvalue weighted by Gasteiger charge is -2.33. The summed E-state index contributed by atoms with van der Waals surface area (Å²) in [4.78, 5) is 31.2. The third-order valence-electron chi connectivity index (χ3n) is 6.35. The molecule has 3 heterocycles. The lowest BCUT2D eigenvalue weighted by atomic mass is 10.1. The molecule has 13 heteroatoms. The predicted octanol–water partition coefficient (Wildman–Crippen LogP) is 3.83. The summed E-state index contributed by atoms with van der Waals surface area (Å²) in [6.07, 6.45) is 0. The summed E-state index contributed by atoms with van der Waals surface area (Å²) < 4.78 is 21.7. The van der Waals surface area contributed by atoms with Crippen LogP contribution in [0.3, 0.4) is 0 Å². The molecule has 220 valence electrons. The van der Waals surface area contributed by atoms with E-state index in [1.54, 1.807) is 38.5 Å². The smallest absolute Gasteiger partial charge is 0.248 e. The highest BCUT2D eigenvalue weighted by Crippen LogP contribution is 2.35. The van der Waals surface area contributed by atoms with Crippen LogP contribution in [-0.2, 0) is 22.7 Å². The maximum atomic E-state index is 14.0. The molecule has 4 aromatic rings. The molecule has 0 spiro atoms. The van der Waals surface area contributed by atoms with Gasteiger partial charge in [-0.15, -0.1) is 21.5 Å². The van der Waals surface area contributed by atoms with Crippen molar-refractivity contribution in [1.82, 2.24) is 30.4 Å². The van der Waals surface area contributed by atoms with E-state index in [0.29, 0.717) is 34.4 Å². The van der Waals surface area contributed by atoms with E-state index >= 15 is 0 Å². The third kappa shape index (κ3) is 6.46. The van der Waals surface area contributed by atoms with Crippen LogP contribution in [0, 0.1) is 0 Å². The number of thiophene rings is 1. The van der Waals surface area contributed by atoms with Gasteiger partial charge in [0.05, 0.1) is 14.2 Å². The Labute approximate surface area is 247 Å². The zero-order valence-electron chi connectivity index (χ0n) is 24.0. The van der Waals surface area contributed by atoms with E-state index in [1.165, 1.54) is 21.0 Å². The average molecular weight is 593 g/mol. The first-order valence-electron chi connectivity index (χ1n) is 13.2. The molecule has 0 saturated heterocycles. The Hall–Kier alpha value is -4.65. The second-order valence-electron chi connectivity index (χ2n) is 10.6. The molecule has 0 aliphatic carbocycles. The van der Waals surface area contributed by atoms with E-state index in [1.807, 2.05) is 50.4 Å². The van der Waals surface area contributed by atoms with Crippen LogP contribution in [0.25, 0.3) is 11.4 Å². The molecule has 0 saturated carbocycles. The van der Waals surface area contributed by atoms with Gasteiger partial charge in [0, 0.05) is 22.5 Å². The summed E-state index contributed by atoms with van der Waals surface area (Å²) in [7, 11) is 3.09. The summed E-state index contributed by atoms with van der Waals surface area (Å²) >= 11 is 1.40. The number of rotatable bonds is 10. The highest BCUT2D eigenvalue weighted by Gasteiger charge is 2.35. The number of aromatic nitrogens is 4. The molecule has 42 heavy (non-hydrogen) atoms. The Morgan fingerprint density at radius 2 is 1.86 bits per heavy atom. The average Bonchev–Trinajstić information content (AvgIpc) is 3.73. The minimum Gasteiger partial charge on any atom is -0.493 e. The van der Waals surface area contributed by atoms with Gasteiger partial charge in [0.1, 0.15) is 12.6 Å². The number of methoxy groups -OCH3 is 2. The highest BCUT2D eigenvalue weighted by molar-refractivity contribution is 7.10. The molecule has 1 N–H and O–H groups in total. The molecule has 2 amide bonds. The van der Waals surface area contributed by atoms with Gasteiger partial charge in [-0.05, 0) is 73.3 Å². The van der Waals surface area contributed by atoms with Crippen molar-refractivity contribution in [2.24, 2.45) is 0 Å². The molecule has 0 fully saturated rings. The van der Waals surface area contributed by atoms with Crippen molar-refractivity contribution < 1.29 is 28.5 Å². The van der Waals surface area contributed by atoms with E-state index < -0.39 is 11.6 Å². The largest absolute Gasteiger partial charge is 0.493 e. The van der Waals surface area contributed by atoms with Crippen molar-refractivity contribution in [3.63, 3.8) is 0 Å². The first kappa shape index (κ1) is 28.9. The standard InChI is InChI=1S/C29H32N6O6S/c1-29(2,3)30-28(37)26(24-7-6-12-42-24)34(15-18-8-10-21-23(13-18)41-17-40-21)25(36)16-35-32-27(31-33-35)19-9-11-20(38-4)22(14-19)39-5/h6-14,26H,15-17H2,1-5H3,(H,30,37)/t26-/m0/s1. The minimum absolute atomic E-state index is 0.132. The Bertz CT molecular complexity index is 1570. The Kier molecular flexibility index (Phi) is 8.29. The van der Waals surface area contributed by atoms with Crippen molar-refractivity contribution in [3.8, 4) is 34.4 Å². The fourth-order valence-corrected chi connectivity index (χ4v) is 5.32. The molecule has 12 nitrogen and oxygen atoms in total. The molecule has 1 atom stereocenters. The molecule has 5 rings (SSSR count). The minimum atomic E-state index is -0.893. The van der Waals surface area contributed by atoms with Crippen LogP contribution < -0.4 is 24.3 Å². The van der Waals surface area contributed by atoms with Crippen LogP contribution in [-0.4, -0.2) is 63.5 Å². The maximum absolute atomic E-state index is 14.0. The van der Waals surface area contributed by atoms with Crippen molar-refractivity contribution in [2.75, 3.05) is 21.0 Å². The summed E-state index contributed by atoms with van der Waals surface area (Å²) in [6.45, 7) is 5.72. The Morgan fingerprint density at radius 3 is 2.57 bits per heavy atom. The molecule has 1 aliphatic heterocycles. The van der Waals surface area contributed by atoms with Gasteiger partial charge in [0.25, 0.3) is 0 Å². The second kappa shape index (κ2) is 12.1. The highest BCUT2D eigenvalue weighted by atomic mass is 32.1.